The predicted molar refractivity (Wildman–Crippen MR) is 86.9 cm³/mol. The van der Waals surface area contributed by atoms with E-state index in [1.54, 1.807) is 6.26 Å². The molecule has 0 aliphatic heterocycles. The van der Waals surface area contributed by atoms with Gasteiger partial charge < -0.3 is 9.73 Å². The molecule has 3 heteroatoms. The van der Waals surface area contributed by atoms with Gasteiger partial charge in [0, 0.05) is 4.47 Å². The van der Waals surface area contributed by atoms with E-state index in [-0.39, 0.29) is 0 Å². The van der Waals surface area contributed by atoms with Crippen molar-refractivity contribution in [1.29, 1.82) is 0 Å². The lowest BCUT2D eigenvalue weighted by atomic mass is 9.93. The quantitative estimate of drug-likeness (QED) is 0.721. The number of nitrogens with one attached hydrogen (secondary N) is 1. The van der Waals surface area contributed by atoms with Crippen molar-refractivity contribution in [3.05, 3.63) is 58.5 Å². The van der Waals surface area contributed by atoms with E-state index in [0.29, 0.717) is 5.92 Å². The van der Waals surface area contributed by atoms with Crippen LogP contribution in [0.25, 0.3) is 0 Å². The van der Waals surface area contributed by atoms with Crippen LogP contribution in [0.5, 0.6) is 0 Å². The minimum absolute atomic E-state index is 0.598. The monoisotopic (exact) mass is 335 g/mol. The van der Waals surface area contributed by atoms with Crippen LogP contribution in [0, 0.1) is 5.92 Å². The first kappa shape index (κ1) is 15.3. The number of halogens is 1. The number of hydrogen-bond donors (Lipinski definition) is 1. The highest BCUT2D eigenvalue weighted by Crippen LogP contribution is 2.17. The smallest absolute Gasteiger partial charge is 0.0934 e. The van der Waals surface area contributed by atoms with E-state index in [2.05, 4.69) is 58.5 Å². The topological polar surface area (TPSA) is 25.2 Å². The van der Waals surface area contributed by atoms with Crippen LogP contribution in [-0.4, -0.2) is 13.1 Å². The Kier molecular flexibility index (Phi) is 6.34. The fourth-order valence-corrected chi connectivity index (χ4v) is 2.66. The van der Waals surface area contributed by atoms with Gasteiger partial charge in [-0.05, 0) is 67.6 Å². The molecular formula is C17H22BrNO. The molecule has 0 spiro atoms. The zero-order valence-electron chi connectivity index (χ0n) is 11.9. The molecule has 1 unspecified atom stereocenters. The summed E-state index contributed by atoms with van der Waals surface area (Å²) in [6.07, 6.45) is 6.94. The van der Waals surface area contributed by atoms with Gasteiger partial charge in [0.2, 0.25) is 0 Å². The first-order chi connectivity index (χ1) is 9.78. The maximum Gasteiger partial charge on any atom is 0.0934 e. The molecule has 0 saturated heterocycles. The van der Waals surface area contributed by atoms with Gasteiger partial charge >= 0.3 is 0 Å². The lowest BCUT2D eigenvalue weighted by Gasteiger charge is -2.17. The van der Waals surface area contributed by atoms with Crippen molar-refractivity contribution in [2.75, 3.05) is 13.1 Å². The van der Waals surface area contributed by atoms with Gasteiger partial charge in [-0.2, -0.15) is 0 Å². The zero-order valence-corrected chi connectivity index (χ0v) is 13.5. The number of furan rings is 1. The summed E-state index contributed by atoms with van der Waals surface area (Å²) < 4.78 is 6.32. The third-order valence-corrected chi connectivity index (χ3v) is 3.93. The summed E-state index contributed by atoms with van der Waals surface area (Å²) in [7, 11) is 0. The van der Waals surface area contributed by atoms with E-state index in [0.717, 1.165) is 30.4 Å². The van der Waals surface area contributed by atoms with Crippen LogP contribution in [0.3, 0.4) is 0 Å². The highest BCUT2D eigenvalue weighted by molar-refractivity contribution is 9.10. The Morgan fingerprint density at radius 1 is 1.10 bits per heavy atom. The fraction of sp³-hybridized carbons (Fsp3) is 0.412. The van der Waals surface area contributed by atoms with Gasteiger partial charge in [0.05, 0.1) is 12.5 Å². The molecule has 0 saturated carbocycles. The Morgan fingerprint density at radius 3 is 2.50 bits per heavy atom. The summed E-state index contributed by atoms with van der Waals surface area (Å²) in [5, 5.41) is 3.54. The molecule has 0 aliphatic rings. The average Bonchev–Trinajstić information content (AvgIpc) is 2.94. The SMILES string of the molecule is CCCNCC(Cc1ccc(Br)cc1)Cc1ccoc1. The van der Waals surface area contributed by atoms with Crippen LogP contribution in [0.1, 0.15) is 24.5 Å². The molecule has 0 amide bonds. The van der Waals surface area contributed by atoms with Crippen LogP contribution in [0.15, 0.2) is 51.7 Å². The molecule has 2 nitrogen and oxygen atoms in total. The third kappa shape index (κ3) is 5.14. The minimum atomic E-state index is 0.598. The van der Waals surface area contributed by atoms with Crippen LogP contribution in [0.4, 0.5) is 0 Å². The van der Waals surface area contributed by atoms with Gasteiger partial charge in [-0.15, -0.1) is 0 Å². The molecule has 108 valence electrons. The molecule has 2 aromatic rings. The first-order valence-corrected chi connectivity index (χ1v) is 8.03. The summed E-state index contributed by atoms with van der Waals surface area (Å²) in [5.41, 5.74) is 2.67. The lowest BCUT2D eigenvalue weighted by molar-refractivity contribution is 0.467. The minimum Gasteiger partial charge on any atom is -0.472 e. The molecule has 1 aromatic carbocycles. The Labute approximate surface area is 129 Å². The summed E-state index contributed by atoms with van der Waals surface area (Å²) in [5.74, 6) is 0.598. The Bertz CT molecular complexity index is 478. The molecule has 1 aromatic heterocycles. The Balaban J connectivity index is 1.95. The van der Waals surface area contributed by atoms with E-state index in [1.807, 2.05) is 6.26 Å². The van der Waals surface area contributed by atoms with Crippen LogP contribution in [0.2, 0.25) is 0 Å². The maximum atomic E-state index is 5.18. The van der Waals surface area contributed by atoms with Crippen LogP contribution in [-0.2, 0) is 12.8 Å². The van der Waals surface area contributed by atoms with Crippen molar-refractivity contribution in [2.24, 2.45) is 5.92 Å². The van der Waals surface area contributed by atoms with Crippen molar-refractivity contribution in [2.45, 2.75) is 26.2 Å². The molecule has 1 atom stereocenters. The number of benzene rings is 1. The zero-order chi connectivity index (χ0) is 14.2. The van der Waals surface area contributed by atoms with Crippen molar-refractivity contribution in [1.82, 2.24) is 5.32 Å². The molecule has 0 radical (unpaired) electrons. The van der Waals surface area contributed by atoms with Gasteiger partial charge in [-0.3, -0.25) is 0 Å². The highest BCUT2D eigenvalue weighted by atomic mass is 79.9. The van der Waals surface area contributed by atoms with Crippen molar-refractivity contribution < 1.29 is 4.42 Å². The first-order valence-electron chi connectivity index (χ1n) is 7.24. The standard InChI is InChI=1S/C17H22BrNO/c1-2-8-19-12-16(11-15-7-9-20-13-15)10-14-3-5-17(18)6-4-14/h3-7,9,13,16,19H,2,8,10-12H2,1H3. The molecule has 1 N–H and O–H groups in total. The van der Waals surface area contributed by atoms with Crippen LogP contribution >= 0.6 is 15.9 Å². The van der Waals surface area contributed by atoms with E-state index in [4.69, 9.17) is 4.42 Å². The Morgan fingerprint density at radius 2 is 1.85 bits per heavy atom. The maximum absolute atomic E-state index is 5.18. The van der Waals surface area contributed by atoms with E-state index >= 15 is 0 Å². The molecule has 1 heterocycles. The van der Waals surface area contributed by atoms with Crippen molar-refractivity contribution in [3.63, 3.8) is 0 Å². The summed E-state index contributed by atoms with van der Waals surface area (Å²) in [4.78, 5) is 0. The lowest BCUT2D eigenvalue weighted by Crippen LogP contribution is -2.26. The second kappa shape index (κ2) is 8.28. The van der Waals surface area contributed by atoms with Gasteiger partial charge in [0.25, 0.3) is 0 Å². The normalized spacial score (nSPS) is 12.5. The second-order valence-corrected chi connectivity index (χ2v) is 6.15. The summed E-state index contributed by atoms with van der Waals surface area (Å²) >= 11 is 3.49. The van der Waals surface area contributed by atoms with Crippen molar-refractivity contribution in [3.8, 4) is 0 Å². The van der Waals surface area contributed by atoms with E-state index in [1.165, 1.54) is 17.5 Å². The molecule has 0 aliphatic carbocycles. The van der Waals surface area contributed by atoms with Gasteiger partial charge in [0.15, 0.2) is 0 Å². The summed E-state index contributed by atoms with van der Waals surface area (Å²) in [6.45, 7) is 4.34. The van der Waals surface area contributed by atoms with Gasteiger partial charge in [-0.25, -0.2) is 0 Å². The van der Waals surface area contributed by atoms with Gasteiger partial charge in [-0.1, -0.05) is 35.0 Å². The third-order valence-electron chi connectivity index (χ3n) is 3.40. The fourth-order valence-electron chi connectivity index (χ4n) is 2.40. The Hall–Kier alpha value is -1.06. The molecule has 0 bridgehead atoms. The van der Waals surface area contributed by atoms with Crippen molar-refractivity contribution >= 4 is 15.9 Å². The average molecular weight is 336 g/mol. The van der Waals surface area contributed by atoms with Crippen LogP contribution < -0.4 is 5.32 Å². The van der Waals surface area contributed by atoms with E-state index < -0.39 is 0 Å². The highest BCUT2D eigenvalue weighted by Gasteiger charge is 2.11. The largest absolute Gasteiger partial charge is 0.472 e. The molecular weight excluding hydrogens is 314 g/mol. The molecule has 0 fully saturated rings. The number of rotatable bonds is 8. The molecule has 20 heavy (non-hydrogen) atoms. The van der Waals surface area contributed by atoms with E-state index in [9.17, 15) is 0 Å². The predicted octanol–water partition coefficient (Wildman–Crippen LogP) is 4.44. The number of hydrogen-bond acceptors (Lipinski definition) is 2. The summed E-state index contributed by atoms with van der Waals surface area (Å²) in [6, 6.07) is 10.7. The second-order valence-electron chi connectivity index (χ2n) is 5.24. The molecule has 2 rings (SSSR count). The van der Waals surface area contributed by atoms with Gasteiger partial charge in [0.1, 0.15) is 0 Å².